The molecule has 0 radical (unpaired) electrons. The van der Waals surface area contributed by atoms with Crippen molar-refractivity contribution in [1.29, 1.82) is 0 Å². The lowest BCUT2D eigenvalue weighted by Crippen LogP contribution is -2.25. The maximum absolute atomic E-state index is 12.8. The highest BCUT2D eigenvalue weighted by Gasteiger charge is 2.16. The Balaban J connectivity index is 1.42. The van der Waals surface area contributed by atoms with Gasteiger partial charge in [0.05, 0.1) is 17.8 Å². The Hall–Kier alpha value is -4.44. The number of rotatable bonds is 8. The number of nitrogens with one attached hydrogen (secondary N) is 3. The number of phenolic OH excluding ortho intramolecular Hbond substituents is 1. The SMILES string of the molecule is COc1ncc2cc(C(=O)Nc3cc(C(=O)NCCCc4cccc(O)c4)ccc3Cl)c(=O)[nH]c2n1. The van der Waals surface area contributed by atoms with Gasteiger partial charge < -0.3 is 25.5 Å². The number of hydrogen-bond donors (Lipinski definition) is 4. The summed E-state index contributed by atoms with van der Waals surface area (Å²) < 4.78 is 4.94. The van der Waals surface area contributed by atoms with Crippen LogP contribution in [0, 0.1) is 0 Å². The van der Waals surface area contributed by atoms with Crippen molar-refractivity contribution in [3.8, 4) is 11.8 Å². The predicted molar refractivity (Wildman–Crippen MR) is 135 cm³/mol. The molecule has 4 N–H and O–H groups in total. The average Bonchev–Trinajstić information content (AvgIpc) is 2.87. The van der Waals surface area contributed by atoms with Gasteiger partial charge in [-0.25, -0.2) is 4.98 Å². The van der Waals surface area contributed by atoms with Gasteiger partial charge in [-0.3, -0.25) is 14.4 Å². The van der Waals surface area contributed by atoms with Crippen molar-refractivity contribution in [3.05, 3.63) is 86.8 Å². The Morgan fingerprint density at radius 2 is 1.97 bits per heavy atom. The number of ether oxygens (including phenoxy) is 1. The number of fused-ring (bicyclic) bond motifs is 1. The van der Waals surface area contributed by atoms with E-state index in [9.17, 15) is 19.5 Å². The van der Waals surface area contributed by atoms with Gasteiger partial charge in [0.15, 0.2) is 0 Å². The summed E-state index contributed by atoms with van der Waals surface area (Å²) in [6, 6.07) is 12.9. The van der Waals surface area contributed by atoms with E-state index in [0.717, 1.165) is 5.56 Å². The number of benzene rings is 2. The van der Waals surface area contributed by atoms with Crippen molar-refractivity contribution in [2.24, 2.45) is 0 Å². The molecule has 0 aliphatic carbocycles. The van der Waals surface area contributed by atoms with E-state index in [1.165, 1.54) is 37.6 Å². The van der Waals surface area contributed by atoms with E-state index in [-0.39, 0.29) is 39.6 Å². The van der Waals surface area contributed by atoms with Crippen molar-refractivity contribution >= 4 is 40.1 Å². The summed E-state index contributed by atoms with van der Waals surface area (Å²) in [4.78, 5) is 48.4. The van der Waals surface area contributed by atoms with Crippen LogP contribution in [0.2, 0.25) is 5.02 Å². The fourth-order valence-electron chi connectivity index (χ4n) is 3.50. The van der Waals surface area contributed by atoms with Crippen LogP contribution in [0.15, 0.2) is 59.5 Å². The van der Waals surface area contributed by atoms with Crippen LogP contribution in [0.1, 0.15) is 32.7 Å². The zero-order valence-electron chi connectivity index (χ0n) is 19.2. The Morgan fingerprint density at radius 3 is 2.75 bits per heavy atom. The maximum Gasteiger partial charge on any atom is 0.318 e. The topological polar surface area (TPSA) is 146 Å². The van der Waals surface area contributed by atoms with Gasteiger partial charge in [0, 0.05) is 23.7 Å². The molecule has 2 amide bonds. The molecule has 10 nitrogen and oxygen atoms in total. The number of methoxy groups -OCH3 is 1. The van der Waals surface area contributed by atoms with Gasteiger partial charge >= 0.3 is 6.01 Å². The first kappa shape index (κ1) is 24.7. The normalized spacial score (nSPS) is 10.7. The van der Waals surface area contributed by atoms with E-state index in [2.05, 4.69) is 25.6 Å². The first-order chi connectivity index (χ1) is 17.3. The number of aromatic amines is 1. The van der Waals surface area contributed by atoms with Crippen molar-refractivity contribution in [1.82, 2.24) is 20.3 Å². The van der Waals surface area contributed by atoms with Gasteiger partial charge in [-0.15, -0.1) is 0 Å². The van der Waals surface area contributed by atoms with Crippen LogP contribution in [0.25, 0.3) is 11.0 Å². The van der Waals surface area contributed by atoms with Crippen LogP contribution in [0.3, 0.4) is 0 Å². The van der Waals surface area contributed by atoms with E-state index in [1.54, 1.807) is 18.2 Å². The fourth-order valence-corrected chi connectivity index (χ4v) is 3.67. The molecule has 2 aromatic heterocycles. The number of nitrogens with zero attached hydrogens (tertiary/aromatic N) is 2. The predicted octanol–water partition coefficient (Wildman–Crippen LogP) is 3.30. The lowest BCUT2D eigenvalue weighted by Gasteiger charge is -2.10. The fraction of sp³-hybridized carbons (Fsp3) is 0.160. The minimum atomic E-state index is -0.709. The number of phenols is 1. The standard InChI is InChI=1S/C25H22ClN5O5/c1-36-25-28-13-16-11-18(24(35)30-21(16)31-25)23(34)29-20-12-15(7-8-19(20)26)22(33)27-9-3-5-14-4-2-6-17(32)10-14/h2,4,6-8,10-13,32H,3,5,9H2,1H3,(H,27,33)(H,29,34)(H,28,30,31,35). The number of hydrogen-bond acceptors (Lipinski definition) is 7. The minimum Gasteiger partial charge on any atom is -0.508 e. The summed E-state index contributed by atoms with van der Waals surface area (Å²) >= 11 is 6.22. The number of anilines is 1. The van der Waals surface area contributed by atoms with Crippen molar-refractivity contribution in [2.75, 3.05) is 19.0 Å². The van der Waals surface area contributed by atoms with Crippen LogP contribution < -0.4 is 20.9 Å². The second-order valence-corrected chi connectivity index (χ2v) is 8.26. The van der Waals surface area contributed by atoms with Gasteiger partial charge in [0.25, 0.3) is 17.4 Å². The summed E-state index contributed by atoms with van der Waals surface area (Å²) in [6.45, 7) is 0.415. The molecule has 0 atom stereocenters. The van der Waals surface area contributed by atoms with Gasteiger partial charge in [0.2, 0.25) is 0 Å². The molecule has 4 aromatic rings. The van der Waals surface area contributed by atoms with Crippen molar-refractivity contribution in [3.63, 3.8) is 0 Å². The van der Waals surface area contributed by atoms with Gasteiger partial charge in [0.1, 0.15) is 17.0 Å². The van der Waals surface area contributed by atoms with E-state index in [4.69, 9.17) is 16.3 Å². The number of aromatic hydroxyl groups is 1. The van der Waals surface area contributed by atoms with Crippen molar-refractivity contribution in [2.45, 2.75) is 12.8 Å². The summed E-state index contributed by atoms with van der Waals surface area (Å²) in [5, 5.41) is 15.6. The molecule has 0 fully saturated rings. The molecule has 0 aliphatic rings. The molecule has 2 aromatic carbocycles. The molecule has 0 unspecified atom stereocenters. The molecule has 0 saturated carbocycles. The third-order valence-corrected chi connectivity index (χ3v) is 5.64. The molecular weight excluding hydrogens is 486 g/mol. The molecule has 0 bridgehead atoms. The second-order valence-electron chi connectivity index (χ2n) is 7.85. The lowest BCUT2D eigenvalue weighted by molar-refractivity contribution is 0.0951. The molecule has 0 saturated heterocycles. The number of carbonyl (C=O) groups is 2. The maximum atomic E-state index is 12.8. The van der Waals surface area contributed by atoms with Crippen LogP contribution in [0.5, 0.6) is 11.8 Å². The zero-order valence-corrected chi connectivity index (χ0v) is 19.9. The van der Waals surface area contributed by atoms with Crippen LogP contribution in [-0.2, 0) is 6.42 Å². The number of halogens is 1. The Bertz CT molecular complexity index is 1500. The Labute approximate surface area is 210 Å². The molecule has 184 valence electrons. The highest BCUT2D eigenvalue weighted by Crippen LogP contribution is 2.24. The van der Waals surface area contributed by atoms with Crippen molar-refractivity contribution < 1.29 is 19.4 Å². The molecule has 0 aliphatic heterocycles. The smallest absolute Gasteiger partial charge is 0.318 e. The highest BCUT2D eigenvalue weighted by molar-refractivity contribution is 6.34. The minimum absolute atomic E-state index is 0.0802. The molecule has 4 rings (SSSR count). The number of aryl methyl sites for hydroxylation is 1. The summed E-state index contributed by atoms with van der Waals surface area (Å²) in [5.74, 6) is -0.848. The van der Waals surface area contributed by atoms with E-state index in [0.29, 0.717) is 30.3 Å². The number of carbonyl (C=O) groups excluding carboxylic acids is 2. The number of aromatic nitrogens is 3. The van der Waals surface area contributed by atoms with Crippen LogP contribution in [-0.4, -0.2) is 45.5 Å². The number of pyridine rings is 1. The zero-order chi connectivity index (χ0) is 25.7. The summed E-state index contributed by atoms with van der Waals surface area (Å²) in [7, 11) is 1.40. The third-order valence-electron chi connectivity index (χ3n) is 5.31. The van der Waals surface area contributed by atoms with Crippen LogP contribution in [0.4, 0.5) is 5.69 Å². The van der Waals surface area contributed by atoms with E-state index >= 15 is 0 Å². The van der Waals surface area contributed by atoms with E-state index in [1.807, 2.05) is 6.07 Å². The molecule has 36 heavy (non-hydrogen) atoms. The molecule has 2 heterocycles. The largest absolute Gasteiger partial charge is 0.508 e. The van der Waals surface area contributed by atoms with Gasteiger partial charge in [-0.05, 0) is 54.8 Å². The first-order valence-corrected chi connectivity index (χ1v) is 11.3. The third kappa shape index (κ3) is 5.78. The number of H-pyrrole nitrogens is 1. The summed E-state index contributed by atoms with van der Waals surface area (Å²) in [6.07, 6.45) is 2.79. The highest BCUT2D eigenvalue weighted by atomic mass is 35.5. The monoisotopic (exact) mass is 507 g/mol. The molecular formula is C25H22ClN5O5. The van der Waals surface area contributed by atoms with E-state index < -0.39 is 11.5 Å². The Kier molecular flexibility index (Phi) is 7.45. The Morgan fingerprint density at radius 1 is 1.14 bits per heavy atom. The van der Waals surface area contributed by atoms with Gasteiger partial charge in [-0.2, -0.15) is 4.98 Å². The summed E-state index contributed by atoms with van der Waals surface area (Å²) in [5.41, 5.74) is 0.838. The van der Waals surface area contributed by atoms with Gasteiger partial charge in [-0.1, -0.05) is 23.7 Å². The first-order valence-electron chi connectivity index (χ1n) is 10.9. The quantitative estimate of drug-likeness (QED) is 0.267. The molecule has 11 heteroatoms. The molecule has 0 spiro atoms. The second kappa shape index (κ2) is 10.9. The van der Waals surface area contributed by atoms with Crippen LogP contribution >= 0.6 is 11.6 Å². The lowest BCUT2D eigenvalue weighted by atomic mass is 10.1. The number of amides is 2. The average molecular weight is 508 g/mol.